The van der Waals surface area contributed by atoms with E-state index in [-0.39, 0.29) is 5.54 Å². The van der Waals surface area contributed by atoms with Gasteiger partial charge in [0.05, 0.1) is 6.20 Å². The van der Waals surface area contributed by atoms with Crippen molar-refractivity contribution < 1.29 is 0 Å². The van der Waals surface area contributed by atoms with Gasteiger partial charge >= 0.3 is 0 Å². The third-order valence-corrected chi connectivity index (χ3v) is 2.51. The van der Waals surface area contributed by atoms with Gasteiger partial charge < -0.3 is 10.6 Å². The Bertz CT molecular complexity index is 286. The lowest BCUT2D eigenvalue weighted by Gasteiger charge is -2.24. The number of nitrogens with one attached hydrogen (secondary N) is 2. The fourth-order valence-corrected chi connectivity index (χ4v) is 1.64. The molecule has 13 heavy (non-hydrogen) atoms. The van der Waals surface area contributed by atoms with E-state index in [1.807, 2.05) is 7.05 Å². The van der Waals surface area contributed by atoms with Crippen LogP contribution in [0, 0.1) is 0 Å². The summed E-state index contributed by atoms with van der Waals surface area (Å²) in [6.45, 7) is 4.28. The van der Waals surface area contributed by atoms with Crippen molar-refractivity contribution in [2.24, 2.45) is 7.05 Å². The van der Waals surface area contributed by atoms with Crippen LogP contribution in [0.25, 0.3) is 0 Å². The molecule has 1 aliphatic rings. The Labute approximate surface area is 77.5 Å². The maximum absolute atomic E-state index is 3.87. The Morgan fingerprint density at radius 2 is 2.54 bits per heavy atom. The van der Waals surface area contributed by atoms with E-state index in [1.54, 1.807) is 10.9 Å². The fourth-order valence-electron chi connectivity index (χ4n) is 1.64. The zero-order valence-corrected chi connectivity index (χ0v) is 8.04. The second-order valence-electron chi connectivity index (χ2n) is 3.86. The molecular weight excluding hydrogens is 166 g/mol. The Kier molecular flexibility index (Phi) is 1.95. The zero-order chi connectivity index (χ0) is 9.31. The van der Waals surface area contributed by atoms with Crippen molar-refractivity contribution in [3.05, 3.63) is 6.20 Å². The Morgan fingerprint density at radius 1 is 1.69 bits per heavy atom. The number of nitrogens with zero attached hydrogens (tertiary/aromatic N) is 3. The molecule has 1 saturated heterocycles. The molecule has 2 rings (SSSR count). The normalized spacial score (nSPS) is 27.8. The molecule has 0 radical (unpaired) electrons. The first-order valence-electron chi connectivity index (χ1n) is 4.53. The van der Waals surface area contributed by atoms with Crippen molar-refractivity contribution in [2.45, 2.75) is 18.9 Å². The summed E-state index contributed by atoms with van der Waals surface area (Å²) in [7, 11) is 1.89. The Hall–Kier alpha value is -1.10. The van der Waals surface area contributed by atoms with Crippen LogP contribution in [0.3, 0.4) is 0 Å². The predicted molar refractivity (Wildman–Crippen MR) is 50.5 cm³/mol. The summed E-state index contributed by atoms with van der Waals surface area (Å²) in [6.07, 6.45) is 2.89. The lowest BCUT2D eigenvalue weighted by atomic mass is 10.0. The summed E-state index contributed by atoms with van der Waals surface area (Å²) in [5.41, 5.74) is 0.148. The van der Waals surface area contributed by atoms with Gasteiger partial charge in [-0.15, -0.1) is 5.10 Å². The molecule has 1 atom stereocenters. The molecule has 0 amide bonds. The van der Waals surface area contributed by atoms with Crippen molar-refractivity contribution in [2.75, 3.05) is 18.4 Å². The second-order valence-corrected chi connectivity index (χ2v) is 3.86. The minimum atomic E-state index is 0.148. The molecule has 1 fully saturated rings. The molecule has 5 heteroatoms. The van der Waals surface area contributed by atoms with Gasteiger partial charge in [-0.05, 0) is 19.9 Å². The topological polar surface area (TPSA) is 54.8 Å². The van der Waals surface area contributed by atoms with Crippen LogP contribution in [-0.2, 0) is 7.05 Å². The average Bonchev–Trinajstić information content (AvgIpc) is 2.64. The first kappa shape index (κ1) is 8.50. The molecule has 0 saturated carbocycles. The maximum Gasteiger partial charge on any atom is 0.144 e. The summed E-state index contributed by atoms with van der Waals surface area (Å²) < 4.78 is 1.75. The van der Waals surface area contributed by atoms with Gasteiger partial charge in [-0.2, -0.15) is 0 Å². The van der Waals surface area contributed by atoms with Gasteiger partial charge in [0.25, 0.3) is 0 Å². The molecule has 1 aromatic rings. The molecule has 5 nitrogen and oxygen atoms in total. The van der Waals surface area contributed by atoms with Crippen LogP contribution in [0.15, 0.2) is 6.20 Å². The fraction of sp³-hybridized carbons (Fsp3) is 0.750. The van der Waals surface area contributed by atoms with Crippen molar-refractivity contribution in [3.63, 3.8) is 0 Å². The number of hydrogen-bond acceptors (Lipinski definition) is 4. The molecule has 1 aliphatic heterocycles. The van der Waals surface area contributed by atoms with Gasteiger partial charge in [0.15, 0.2) is 0 Å². The number of hydrogen-bond donors (Lipinski definition) is 2. The van der Waals surface area contributed by atoms with Crippen LogP contribution in [0.4, 0.5) is 5.82 Å². The van der Waals surface area contributed by atoms with Gasteiger partial charge in [-0.3, -0.25) is 0 Å². The van der Waals surface area contributed by atoms with E-state index in [4.69, 9.17) is 0 Å². The molecule has 72 valence electrons. The number of anilines is 1. The Morgan fingerprint density at radius 3 is 3.08 bits per heavy atom. The van der Waals surface area contributed by atoms with Crippen LogP contribution in [0.1, 0.15) is 13.3 Å². The number of aromatic nitrogens is 3. The van der Waals surface area contributed by atoms with E-state index in [1.165, 1.54) is 0 Å². The second kappa shape index (κ2) is 2.99. The first-order valence-corrected chi connectivity index (χ1v) is 4.53. The number of rotatable bonds is 2. The van der Waals surface area contributed by atoms with Crippen LogP contribution in [-0.4, -0.2) is 33.6 Å². The smallest absolute Gasteiger partial charge is 0.144 e. The van der Waals surface area contributed by atoms with Crippen LogP contribution in [0.2, 0.25) is 0 Å². The van der Waals surface area contributed by atoms with Crippen LogP contribution in [0.5, 0.6) is 0 Å². The van der Waals surface area contributed by atoms with E-state index in [0.717, 1.165) is 25.3 Å². The highest BCUT2D eigenvalue weighted by Gasteiger charge is 2.28. The molecular formula is C8H15N5. The molecule has 0 aliphatic carbocycles. The lowest BCUT2D eigenvalue weighted by Crippen LogP contribution is -2.37. The summed E-state index contributed by atoms with van der Waals surface area (Å²) in [6, 6.07) is 0. The molecule has 1 unspecified atom stereocenters. The van der Waals surface area contributed by atoms with E-state index < -0.39 is 0 Å². The average molecular weight is 181 g/mol. The molecule has 0 bridgehead atoms. The molecule has 2 N–H and O–H groups in total. The van der Waals surface area contributed by atoms with Crippen LogP contribution >= 0.6 is 0 Å². The van der Waals surface area contributed by atoms with Gasteiger partial charge in [0.1, 0.15) is 5.82 Å². The van der Waals surface area contributed by atoms with E-state index in [2.05, 4.69) is 27.9 Å². The van der Waals surface area contributed by atoms with Crippen molar-refractivity contribution in [3.8, 4) is 0 Å². The monoisotopic (exact) mass is 181 g/mol. The quantitative estimate of drug-likeness (QED) is 0.673. The molecule has 0 aromatic carbocycles. The molecule has 2 heterocycles. The minimum absolute atomic E-state index is 0.148. The summed E-state index contributed by atoms with van der Waals surface area (Å²) in [4.78, 5) is 0. The van der Waals surface area contributed by atoms with Gasteiger partial charge in [-0.25, -0.2) is 4.68 Å². The maximum atomic E-state index is 3.87. The van der Waals surface area contributed by atoms with Crippen molar-refractivity contribution in [1.82, 2.24) is 20.3 Å². The summed E-state index contributed by atoms with van der Waals surface area (Å²) >= 11 is 0. The third kappa shape index (κ3) is 1.65. The summed E-state index contributed by atoms with van der Waals surface area (Å²) in [5, 5.41) is 14.5. The minimum Gasteiger partial charge on any atom is -0.362 e. The third-order valence-electron chi connectivity index (χ3n) is 2.51. The predicted octanol–water partition coefficient (Wildman–Crippen LogP) is -0.0210. The lowest BCUT2D eigenvalue weighted by molar-refractivity contribution is 0.556. The first-order chi connectivity index (χ1) is 6.20. The summed E-state index contributed by atoms with van der Waals surface area (Å²) in [5.74, 6) is 0.978. The van der Waals surface area contributed by atoms with Crippen molar-refractivity contribution in [1.29, 1.82) is 0 Å². The SMILES string of the molecule is Cn1nncc1NC1(C)CCNC1. The molecule has 0 spiro atoms. The van der Waals surface area contributed by atoms with Gasteiger partial charge in [0.2, 0.25) is 0 Å². The highest BCUT2D eigenvalue weighted by molar-refractivity contribution is 5.35. The standard InChI is InChI=1S/C8H15N5/c1-8(3-4-9-6-8)11-7-5-10-12-13(7)2/h5,9,11H,3-4,6H2,1-2H3. The molecule has 1 aromatic heterocycles. The van der Waals surface area contributed by atoms with Crippen molar-refractivity contribution >= 4 is 5.82 Å². The zero-order valence-electron chi connectivity index (χ0n) is 8.04. The van der Waals surface area contributed by atoms with E-state index >= 15 is 0 Å². The Balaban J connectivity index is 2.09. The highest BCUT2D eigenvalue weighted by atomic mass is 15.4. The van der Waals surface area contributed by atoms with E-state index in [9.17, 15) is 0 Å². The number of aryl methyl sites for hydroxylation is 1. The van der Waals surface area contributed by atoms with Gasteiger partial charge in [0, 0.05) is 19.1 Å². The van der Waals surface area contributed by atoms with Crippen LogP contribution < -0.4 is 10.6 Å². The van der Waals surface area contributed by atoms with Gasteiger partial charge in [-0.1, -0.05) is 5.21 Å². The highest BCUT2D eigenvalue weighted by Crippen LogP contribution is 2.19. The largest absolute Gasteiger partial charge is 0.362 e. The van der Waals surface area contributed by atoms with E-state index in [0.29, 0.717) is 0 Å².